The van der Waals surface area contributed by atoms with Crippen LogP contribution < -0.4 is 10.9 Å². The highest BCUT2D eigenvalue weighted by Gasteiger charge is 2.20. The molecule has 7 nitrogen and oxygen atoms in total. The second-order valence-electron chi connectivity index (χ2n) is 4.65. The van der Waals surface area contributed by atoms with E-state index in [4.69, 9.17) is 18.0 Å². The molecule has 2 aromatic rings. The number of aromatic hydroxyl groups is 1. The van der Waals surface area contributed by atoms with Gasteiger partial charge in [0.1, 0.15) is 11.3 Å². The molecule has 0 aliphatic heterocycles. The summed E-state index contributed by atoms with van der Waals surface area (Å²) in [7, 11) is 0. The van der Waals surface area contributed by atoms with Gasteiger partial charge in [0.15, 0.2) is 11.0 Å². The van der Waals surface area contributed by atoms with Crippen molar-refractivity contribution in [2.24, 2.45) is 0 Å². The normalized spacial score (nSPS) is 10.1. The van der Waals surface area contributed by atoms with Gasteiger partial charge in [0.05, 0.1) is 0 Å². The summed E-state index contributed by atoms with van der Waals surface area (Å²) in [5, 5.41) is 19.7. The molecular formula is C15H13ClN4O3. The highest BCUT2D eigenvalue weighted by atomic mass is 35.5. The van der Waals surface area contributed by atoms with Gasteiger partial charge in [0.25, 0.3) is 11.5 Å². The third-order valence-electron chi connectivity index (χ3n) is 3.07. The van der Waals surface area contributed by atoms with Crippen LogP contribution in [0.25, 0.3) is 0 Å². The molecule has 2 N–H and O–H groups in total. The number of nitrogens with zero attached hydrogens (tertiary/aromatic N) is 3. The Bertz CT molecular complexity index is 838. The standard InChI is InChI=1S/C15H13ClN4O3/c1-3-4-7-20-9(2)8-10(21)13(15(20)23)14(22)17-12-6-5-11(16)18-19-12/h1,5-6,8,21H,4,7H2,2H3,(H,17,19,22). The fourth-order valence-corrected chi connectivity index (χ4v) is 2.08. The number of carbonyl (C=O) groups excluding carboxylic acids is 1. The number of pyridine rings is 1. The Morgan fingerprint density at radius 1 is 1.48 bits per heavy atom. The summed E-state index contributed by atoms with van der Waals surface area (Å²) < 4.78 is 1.34. The first kappa shape index (κ1) is 16.5. The summed E-state index contributed by atoms with van der Waals surface area (Å²) in [6, 6.07) is 4.19. The minimum atomic E-state index is -0.793. The van der Waals surface area contributed by atoms with E-state index < -0.39 is 17.2 Å². The summed E-state index contributed by atoms with van der Waals surface area (Å²) in [6.07, 6.45) is 5.53. The predicted octanol–water partition coefficient (Wildman–Crippen LogP) is 1.58. The Balaban J connectivity index is 2.38. The lowest BCUT2D eigenvalue weighted by atomic mass is 10.2. The summed E-state index contributed by atoms with van der Waals surface area (Å²) >= 11 is 5.61. The van der Waals surface area contributed by atoms with Gasteiger partial charge < -0.3 is 15.0 Å². The van der Waals surface area contributed by atoms with Crippen LogP contribution in [0.15, 0.2) is 23.0 Å². The molecule has 2 rings (SSSR count). The average Bonchev–Trinajstić information content (AvgIpc) is 2.49. The second kappa shape index (κ2) is 6.94. The van der Waals surface area contributed by atoms with Crippen molar-refractivity contribution >= 4 is 23.3 Å². The Kier molecular flexibility index (Phi) is 4.98. The zero-order valence-electron chi connectivity index (χ0n) is 12.2. The van der Waals surface area contributed by atoms with Crippen LogP contribution in [0, 0.1) is 19.3 Å². The van der Waals surface area contributed by atoms with Gasteiger partial charge in [0.2, 0.25) is 0 Å². The lowest BCUT2D eigenvalue weighted by molar-refractivity contribution is 0.102. The van der Waals surface area contributed by atoms with Crippen LogP contribution in [0.1, 0.15) is 22.5 Å². The first-order chi connectivity index (χ1) is 10.9. The molecule has 118 valence electrons. The molecule has 0 unspecified atom stereocenters. The lowest BCUT2D eigenvalue weighted by Gasteiger charge is -2.12. The van der Waals surface area contributed by atoms with E-state index >= 15 is 0 Å². The van der Waals surface area contributed by atoms with Crippen molar-refractivity contribution in [2.45, 2.75) is 19.9 Å². The van der Waals surface area contributed by atoms with E-state index in [1.165, 1.54) is 22.8 Å². The first-order valence-corrected chi connectivity index (χ1v) is 6.99. The number of hydrogen-bond donors (Lipinski definition) is 2. The number of aryl methyl sites for hydroxylation is 1. The number of rotatable bonds is 4. The Labute approximate surface area is 136 Å². The van der Waals surface area contributed by atoms with Crippen LogP contribution in [-0.2, 0) is 6.54 Å². The molecule has 0 saturated carbocycles. The maximum Gasteiger partial charge on any atom is 0.267 e. The number of amides is 1. The van der Waals surface area contributed by atoms with Crippen molar-refractivity contribution in [3.63, 3.8) is 0 Å². The minimum absolute atomic E-state index is 0.106. The molecule has 0 aliphatic rings. The van der Waals surface area contributed by atoms with Gasteiger partial charge in [-0.2, -0.15) is 0 Å². The maximum atomic E-state index is 12.4. The summed E-state index contributed by atoms with van der Waals surface area (Å²) in [5.41, 5.74) is -0.507. The largest absolute Gasteiger partial charge is 0.507 e. The molecule has 0 bridgehead atoms. The van der Waals surface area contributed by atoms with E-state index in [0.29, 0.717) is 12.1 Å². The molecule has 8 heteroatoms. The molecule has 2 aromatic heterocycles. The number of anilines is 1. The molecule has 23 heavy (non-hydrogen) atoms. The number of halogens is 1. The van der Waals surface area contributed by atoms with E-state index in [1.807, 2.05) is 0 Å². The van der Waals surface area contributed by atoms with E-state index in [2.05, 4.69) is 21.4 Å². The van der Waals surface area contributed by atoms with E-state index in [1.54, 1.807) is 6.92 Å². The SMILES string of the molecule is C#CCCn1c(C)cc(O)c(C(=O)Nc2ccc(Cl)nn2)c1=O. The fourth-order valence-electron chi connectivity index (χ4n) is 1.98. The van der Waals surface area contributed by atoms with Gasteiger partial charge in [-0.15, -0.1) is 22.5 Å². The van der Waals surface area contributed by atoms with Crippen LogP contribution in [0.3, 0.4) is 0 Å². The fraction of sp³-hybridized carbons (Fsp3) is 0.200. The summed E-state index contributed by atoms with van der Waals surface area (Å²) in [4.78, 5) is 24.7. The van der Waals surface area contributed by atoms with Gasteiger partial charge in [-0.3, -0.25) is 9.59 Å². The first-order valence-electron chi connectivity index (χ1n) is 6.61. The van der Waals surface area contributed by atoms with Crippen molar-refractivity contribution in [3.05, 3.63) is 45.0 Å². The molecule has 1 amide bonds. The molecule has 0 aliphatic carbocycles. The highest BCUT2D eigenvalue weighted by molar-refractivity contribution is 6.29. The van der Waals surface area contributed by atoms with Crippen LogP contribution in [-0.4, -0.2) is 25.8 Å². The summed E-state index contributed by atoms with van der Waals surface area (Å²) in [5.74, 6) is 1.32. The van der Waals surface area contributed by atoms with Gasteiger partial charge in [-0.1, -0.05) is 11.6 Å². The minimum Gasteiger partial charge on any atom is -0.507 e. The third kappa shape index (κ3) is 3.67. The van der Waals surface area contributed by atoms with Crippen LogP contribution in [0.4, 0.5) is 5.82 Å². The van der Waals surface area contributed by atoms with Gasteiger partial charge in [-0.25, -0.2) is 0 Å². The smallest absolute Gasteiger partial charge is 0.267 e. The second-order valence-corrected chi connectivity index (χ2v) is 5.04. The zero-order valence-corrected chi connectivity index (χ0v) is 13.0. The molecule has 0 atom stereocenters. The molecule has 0 aromatic carbocycles. The number of carbonyl (C=O) groups is 1. The van der Waals surface area contributed by atoms with Crippen molar-refractivity contribution in [1.29, 1.82) is 0 Å². The predicted molar refractivity (Wildman–Crippen MR) is 85.5 cm³/mol. The van der Waals surface area contributed by atoms with Gasteiger partial charge >= 0.3 is 0 Å². The van der Waals surface area contributed by atoms with Gasteiger partial charge in [0, 0.05) is 24.7 Å². The quantitative estimate of drug-likeness (QED) is 0.828. The zero-order chi connectivity index (χ0) is 17.0. The number of hydrogen-bond acceptors (Lipinski definition) is 5. The third-order valence-corrected chi connectivity index (χ3v) is 3.27. The van der Waals surface area contributed by atoms with Crippen LogP contribution >= 0.6 is 11.6 Å². The maximum absolute atomic E-state index is 12.4. The molecule has 0 saturated heterocycles. The summed E-state index contributed by atoms with van der Waals surface area (Å²) in [6.45, 7) is 1.90. The van der Waals surface area contributed by atoms with Crippen molar-refractivity contribution in [3.8, 4) is 18.1 Å². The Hall–Kier alpha value is -2.85. The molecule has 0 fully saturated rings. The molecule has 0 radical (unpaired) electrons. The van der Waals surface area contributed by atoms with Crippen molar-refractivity contribution < 1.29 is 9.90 Å². The topological polar surface area (TPSA) is 97.1 Å². The molecular weight excluding hydrogens is 320 g/mol. The van der Waals surface area contributed by atoms with Crippen LogP contribution in [0.2, 0.25) is 5.15 Å². The Morgan fingerprint density at radius 2 is 2.22 bits per heavy atom. The molecule has 2 heterocycles. The molecule has 0 spiro atoms. The van der Waals surface area contributed by atoms with Crippen LogP contribution in [0.5, 0.6) is 5.75 Å². The lowest BCUT2D eigenvalue weighted by Crippen LogP contribution is -2.30. The average molecular weight is 333 g/mol. The Morgan fingerprint density at radius 3 is 2.83 bits per heavy atom. The highest BCUT2D eigenvalue weighted by Crippen LogP contribution is 2.16. The number of aromatic nitrogens is 3. The van der Waals surface area contributed by atoms with Gasteiger partial charge in [-0.05, 0) is 19.1 Å². The van der Waals surface area contributed by atoms with Crippen molar-refractivity contribution in [1.82, 2.24) is 14.8 Å². The monoisotopic (exact) mass is 332 g/mol. The van der Waals surface area contributed by atoms with Crippen molar-refractivity contribution in [2.75, 3.05) is 5.32 Å². The van der Waals surface area contributed by atoms with E-state index in [0.717, 1.165) is 0 Å². The number of nitrogens with one attached hydrogen (secondary N) is 1. The van der Waals surface area contributed by atoms with E-state index in [9.17, 15) is 14.7 Å². The number of terminal acetylenes is 1. The van der Waals surface area contributed by atoms with E-state index in [-0.39, 0.29) is 23.1 Å².